The minimum absolute atomic E-state index is 0.260. The van der Waals surface area contributed by atoms with Gasteiger partial charge in [0.1, 0.15) is 11.4 Å². The first-order valence-corrected chi connectivity index (χ1v) is 9.43. The molecule has 1 aliphatic heterocycles. The van der Waals surface area contributed by atoms with Gasteiger partial charge in [0, 0.05) is 23.5 Å². The molecule has 5 nitrogen and oxygen atoms in total. The Kier molecular flexibility index (Phi) is 5.29. The molecular weight excluding hydrogens is 371 g/mol. The molecule has 3 N–H and O–H groups in total. The van der Waals surface area contributed by atoms with Crippen LogP contribution in [0.4, 0.5) is 15.8 Å². The number of anilines is 2. The summed E-state index contributed by atoms with van der Waals surface area (Å²) in [5, 5.41) is 12.0. The zero-order valence-electron chi connectivity index (χ0n) is 15.7. The average molecular weight is 392 g/mol. The van der Waals surface area contributed by atoms with Crippen molar-refractivity contribution in [2.45, 2.75) is 18.4 Å². The van der Waals surface area contributed by atoms with Crippen LogP contribution in [0.2, 0.25) is 0 Å². The van der Waals surface area contributed by atoms with Crippen LogP contribution in [0.15, 0.2) is 72.8 Å². The van der Waals surface area contributed by atoms with Crippen LogP contribution >= 0.6 is 0 Å². The van der Waals surface area contributed by atoms with E-state index in [1.165, 1.54) is 12.1 Å². The predicted octanol–water partition coefficient (Wildman–Crippen LogP) is 4.74. The minimum atomic E-state index is -0.552. The summed E-state index contributed by atoms with van der Waals surface area (Å²) >= 11 is 0. The summed E-state index contributed by atoms with van der Waals surface area (Å²) in [6.07, 6.45) is 1.80. The van der Waals surface area contributed by atoms with Gasteiger partial charge in [-0.3, -0.25) is 10.0 Å². The Balaban J connectivity index is 1.55. The molecule has 148 valence electrons. The highest BCUT2D eigenvalue weighted by molar-refractivity contribution is 5.93. The molecule has 0 radical (unpaired) electrons. The van der Waals surface area contributed by atoms with Crippen LogP contribution in [0.1, 0.15) is 34.3 Å². The summed E-state index contributed by atoms with van der Waals surface area (Å²) in [5.74, 6) is -0.813. The first-order chi connectivity index (χ1) is 14.1. The van der Waals surface area contributed by atoms with Gasteiger partial charge in [-0.05, 0) is 72.5 Å². The third kappa shape index (κ3) is 3.85. The molecule has 3 aromatic carbocycles. The summed E-state index contributed by atoms with van der Waals surface area (Å²) in [6.45, 7) is 0.672. The molecule has 0 aromatic heterocycles. The Morgan fingerprint density at radius 3 is 1.97 bits per heavy atom. The Morgan fingerprint density at radius 1 is 0.897 bits per heavy atom. The monoisotopic (exact) mass is 392 g/mol. The molecule has 4 rings (SSSR count). The highest BCUT2D eigenvalue weighted by Gasteiger charge is 2.38. The standard InChI is InChI=1S/C23H21FN2O3/c24-19-8-4-17(5-9-19)23(14-1-15-29-23)18-6-12-21(13-7-18)25-20-10-2-16(3-11-20)22(27)26-28/h2-13,25,28H,1,14-15H2,(H,26,27). The van der Waals surface area contributed by atoms with Crippen LogP contribution in [0.25, 0.3) is 0 Å². The number of hydroxylamine groups is 1. The number of amides is 1. The fraction of sp³-hybridized carbons (Fsp3) is 0.174. The van der Waals surface area contributed by atoms with E-state index in [9.17, 15) is 9.18 Å². The van der Waals surface area contributed by atoms with E-state index in [-0.39, 0.29) is 5.82 Å². The van der Waals surface area contributed by atoms with E-state index < -0.39 is 11.5 Å². The van der Waals surface area contributed by atoms with Crippen LogP contribution in [-0.2, 0) is 10.3 Å². The highest BCUT2D eigenvalue weighted by atomic mass is 19.1. The van der Waals surface area contributed by atoms with Crippen molar-refractivity contribution < 1.29 is 19.1 Å². The van der Waals surface area contributed by atoms with Gasteiger partial charge in [-0.2, -0.15) is 0 Å². The number of hydrogen-bond donors (Lipinski definition) is 3. The van der Waals surface area contributed by atoms with Crippen molar-refractivity contribution in [2.24, 2.45) is 0 Å². The third-order valence-electron chi connectivity index (χ3n) is 5.22. The summed E-state index contributed by atoms with van der Waals surface area (Å²) in [7, 11) is 0. The third-order valence-corrected chi connectivity index (χ3v) is 5.22. The Hall–Kier alpha value is -3.22. The van der Waals surface area contributed by atoms with Crippen LogP contribution in [-0.4, -0.2) is 17.7 Å². The average Bonchev–Trinajstić information content (AvgIpc) is 3.26. The predicted molar refractivity (Wildman–Crippen MR) is 108 cm³/mol. The van der Waals surface area contributed by atoms with Gasteiger partial charge >= 0.3 is 0 Å². The number of rotatable bonds is 5. The molecule has 1 amide bonds. The van der Waals surface area contributed by atoms with E-state index in [1.807, 2.05) is 24.3 Å². The van der Waals surface area contributed by atoms with Gasteiger partial charge in [-0.25, -0.2) is 9.87 Å². The van der Waals surface area contributed by atoms with Gasteiger partial charge < -0.3 is 10.1 Å². The molecular formula is C23H21FN2O3. The van der Waals surface area contributed by atoms with E-state index in [4.69, 9.17) is 9.94 Å². The minimum Gasteiger partial charge on any atom is -0.366 e. The maximum atomic E-state index is 13.4. The molecule has 1 fully saturated rings. The van der Waals surface area contributed by atoms with Gasteiger partial charge in [-0.1, -0.05) is 24.3 Å². The second kappa shape index (κ2) is 8.03. The van der Waals surface area contributed by atoms with Crippen molar-refractivity contribution >= 4 is 17.3 Å². The van der Waals surface area contributed by atoms with E-state index in [0.29, 0.717) is 12.2 Å². The largest absolute Gasteiger partial charge is 0.366 e. The number of nitrogens with one attached hydrogen (secondary N) is 2. The lowest BCUT2D eigenvalue weighted by atomic mass is 9.84. The van der Waals surface area contributed by atoms with Crippen LogP contribution in [0, 0.1) is 5.82 Å². The number of halogens is 1. The van der Waals surface area contributed by atoms with Crippen molar-refractivity contribution in [3.05, 3.63) is 95.3 Å². The lowest BCUT2D eigenvalue weighted by Crippen LogP contribution is -2.26. The van der Waals surface area contributed by atoms with Crippen LogP contribution in [0.3, 0.4) is 0 Å². The molecule has 3 aromatic rings. The number of carbonyl (C=O) groups excluding carboxylic acids is 1. The van der Waals surface area contributed by atoms with Gasteiger partial charge in [0.15, 0.2) is 0 Å². The van der Waals surface area contributed by atoms with Gasteiger partial charge in [0.05, 0.1) is 0 Å². The second-order valence-electron chi connectivity index (χ2n) is 7.01. The summed E-state index contributed by atoms with van der Waals surface area (Å²) in [5.41, 5.74) is 5.12. The number of ether oxygens (including phenoxy) is 1. The van der Waals surface area contributed by atoms with E-state index in [2.05, 4.69) is 5.32 Å². The molecule has 29 heavy (non-hydrogen) atoms. The summed E-state index contributed by atoms with van der Waals surface area (Å²) in [4.78, 5) is 11.4. The molecule has 1 saturated heterocycles. The number of carbonyl (C=O) groups is 1. The highest BCUT2D eigenvalue weighted by Crippen LogP contribution is 2.42. The Bertz CT molecular complexity index is 980. The molecule has 1 atom stereocenters. The zero-order chi connectivity index (χ0) is 20.3. The zero-order valence-corrected chi connectivity index (χ0v) is 15.7. The maximum absolute atomic E-state index is 13.4. The molecule has 1 unspecified atom stereocenters. The van der Waals surface area contributed by atoms with Gasteiger partial charge in [0.25, 0.3) is 5.91 Å². The molecule has 0 aliphatic carbocycles. The lowest BCUT2D eigenvalue weighted by molar-refractivity contribution is 0.0359. The second-order valence-corrected chi connectivity index (χ2v) is 7.01. The maximum Gasteiger partial charge on any atom is 0.274 e. The van der Waals surface area contributed by atoms with Gasteiger partial charge in [-0.15, -0.1) is 0 Å². The summed E-state index contributed by atoms with van der Waals surface area (Å²) in [6, 6.07) is 21.3. The van der Waals surface area contributed by atoms with Gasteiger partial charge in [0.2, 0.25) is 0 Å². The fourth-order valence-corrected chi connectivity index (χ4v) is 3.74. The first kappa shape index (κ1) is 19.1. The number of hydrogen-bond acceptors (Lipinski definition) is 4. The Morgan fingerprint density at radius 2 is 1.45 bits per heavy atom. The van der Waals surface area contributed by atoms with E-state index in [1.54, 1.807) is 41.9 Å². The molecule has 6 heteroatoms. The van der Waals surface area contributed by atoms with E-state index >= 15 is 0 Å². The summed E-state index contributed by atoms with van der Waals surface area (Å²) < 4.78 is 19.5. The Labute approximate surface area is 168 Å². The van der Waals surface area contributed by atoms with Crippen LogP contribution in [0.5, 0.6) is 0 Å². The molecule has 0 saturated carbocycles. The molecule has 0 bridgehead atoms. The fourth-order valence-electron chi connectivity index (χ4n) is 3.74. The normalized spacial score (nSPS) is 18.4. The van der Waals surface area contributed by atoms with Crippen molar-refractivity contribution in [1.82, 2.24) is 5.48 Å². The molecule has 1 heterocycles. The first-order valence-electron chi connectivity index (χ1n) is 9.43. The van der Waals surface area contributed by atoms with Crippen molar-refractivity contribution in [3.8, 4) is 0 Å². The van der Waals surface area contributed by atoms with Crippen LogP contribution < -0.4 is 10.8 Å². The number of benzene rings is 3. The van der Waals surface area contributed by atoms with Crippen molar-refractivity contribution in [3.63, 3.8) is 0 Å². The topological polar surface area (TPSA) is 70.6 Å². The quantitative estimate of drug-likeness (QED) is 0.433. The smallest absolute Gasteiger partial charge is 0.274 e. The van der Waals surface area contributed by atoms with E-state index in [0.717, 1.165) is 35.3 Å². The molecule has 0 spiro atoms. The molecule has 1 aliphatic rings. The van der Waals surface area contributed by atoms with Crippen molar-refractivity contribution in [2.75, 3.05) is 11.9 Å². The van der Waals surface area contributed by atoms with Crippen molar-refractivity contribution in [1.29, 1.82) is 0 Å². The SMILES string of the molecule is O=C(NO)c1ccc(Nc2ccc(C3(c4ccc(F)cc4)CCCO3)cc2)cc1. The lowest BCUT2D eigenvalue weighted by Gasteiger charge is -2.30.